The van der Waals surface area contributed by atoms with Crippen LogP contribution in [-0.2, 0) is 14.8 Å². The van der Waals surface area contributed by atoms with Gasteiger partial charge in [-0.05, 0) is 30.3 Å². The number of amides is 1. The summed E-state index contributed by atoms with van der Waals surface area (Å²) in [5.74, 6) is 0.0545. The van der Waals surface area contributed by atoms with Crippen molar-refractivity contribution in [3.8, 4) is 5.75 Å². The zero-order chi connectivity index (χ0) is 21.6. The number of rotatable bonds is 9. The van der Waals surface area contributed by atoms with E-state index in [1.165, 1.54) is 41.4 Å². The first-order chi connectivity index (χ1) is 13.7. The molecule has 1 N–H and O–H groups in total. The molecule has 2 aromatic rings. The Morgan fingerprint density at radius 3 is 2.31 bits per heavy atom. The third-order valence-electron chi connectivity index (χ3n) is 4.05. The van der Waals surface area contributed by atoms with Gasteiger partial charge in [0.25, 0.3) is 0 Å². The number of nitrogens with one attached hydrogen (secondary N) is 1. The van der Waals surface area contributed by atoms with Gasteiger partial charge < -0.3 is 10.1 Å². The number of nitrogens with zero attached hydrogens (tertiary/aromatic N) is 1. The number of halogens is 2. The van der Waals surface area contributed by atoms with E-state index in [9.17, 15) is 13.2 Å². The van der Waals surface area contributed by atoms with Crippen LogP contribution in [0.25, 0.3) is 0 Å². The van der Waals surface area contributed by atoms with E-state index >= 15 is 0 Å². The molecule has 29 heavy (non-hydrogen) atoms. The Bertz CT molecular complexity index is 960. The summed E-state index contributed by atoms with van der Waals surface area (Å²) in [7, 11) is -2.22. The Balaban J connectivity index is 2.22. The largest absolute Gasteiger partial charge is 0.495 e. The molecule has 1 amide bonds. The van der Waals surface area contributed by atoms with E-state index in [4.69, 9.17) is 27.9 Å². The quantitative estimate of drug-likeness (QED) is 0.527. The summed E-state index contributed by atoms with van der Waals surface area (Å²) in [6.45, 7) is 4.23. The lowest BCUT2D eigenvalue weighted by Gasteiger charge is -2.19. The number of carbonyl (C=O) groups excluding carboxylic acids is 1. The van der Waals surface area contributed by atoms with Crippen LogP contribution in [0.2, 0.25) is 10.0 Å². The van der Waals surface area contributed by atoms with Crippen LogP contribution in [-0.4, -0.2) is 44.6 Å². The van der Waals surface area contributed by atoms with Crippen LogP contribution in [0.1, 0.15) is 13.8 Å². The molecule has 0 radical (unpaired) electrons. The molecule has 158 valence electrons. The van der Waals surface area contributed by atoms with Crippen molar-refractivity contribution in [1.29, 1.82) is 0 Å². The molecule has 0 saturated heterocycles. The predicted octanol–water partition coefficient (Wildman–Crippen LogP) is 4.76. The second-order valence-corrected chi connectivity index (χ2v) is 9.58. The molecular formula is C19H22Cl2N2O4S2. The lowest BCUT2D eigenvalue weighted by atomic mass is 10.3. The van der Waals surface area contributed by atoms with Gasteiger partial charge in [0.2, 0.25) is 15.9 Å². The van der Waals surface area contributed by atoms with Gasteiger partial charge in [-0.25, -0.2) is 8.42 Å². The molecule has 10 heteroatoms. The molecule has 0 spiro atoms. The first-order valence-corrected chi connectivity index (χ1v) is 12.0. The molecule has 6 nitrogen and oxygen atoms in total. The average Bonchev–Trinajstić information content (AvgIpc) is 2.68. The van der Waals surface area contributed by atoms with Gasteiger partial charge in [0, 0.05) is 18.0 Å². The van der Waals surface area contributed by atoms with Crippen LogP contribution in [0.3, 0.4) is 0 Å². The normalized spacial score (nSPS) is 11.5. The van der Waals surface area contributed by atoms with Crippen molar-refractivity contribution in [2.45, 2.75) is 23.6 Å². The summed E-state index contributed by atoms with van der Waals surface area (Å²) in [6, 6.07) is 9.49. The van der Waals surface area contributed by atoms with Gasteiger partial charge in [-0.2, -0.15) is 4.31 Å². The van der Waals surface area contributed by atoms with Gasteiger partial charge in [0.15, 0.2) is 0 Å². The summed E-state index contributed by atoms with van der Waals surface area (Å²) in [6.07, 6.45) is 0. The molecule has 0 aliphatic heterocycles. The Labute approximate surface area is 185 Å². The molecule has 0 heterocycles. The fourth-order valence-electron chi connectivity index (χ4n) is 2.60. The van der Waals surface area contributed by atoms with Crippen molar-refractivity contribution < 1.29 is 17.9 Å². The topological polar surface area (TPSA) is 75.7 Å². The molecule has 2 rings (SSSR count). The SMILES string of the molecule is CCN(CC)S(=O)(=O)c1ccc(OC)c(NC(=O)CSc2c(Cl)cccc2Cl)c1. The van der Waals surface area contributed by atoms with Crippen LogP contribution < -0.4 is 10.1 Å². The monoisotopic (exact) mass is 476 g/mol. The maximum Gasteiger partial charge on any atom is 0.243 e. The van der Waals surface area contributed by atoms with Crippen LogP contribution in [0.5, 0.6) is 5.75 Å². The van der Waals surface area contributed by atoms with E-state index < -0.39 is 10.0 Å². The molecule has 0 unspecified atom stereocenters. The molecule has 0 aliphatic rings. The van der Waals surface area contributed by atoms with Crippen molar-refractivity contribution in [2.75, 3.05) is 31.3 Å². The van der Waals surface area contributed by atoms with Gasteiger partial charge >= 0.3 is 0 Å². The van der Waals surface area contributed by atoms with Gasteiger partial charge in [0.05, 0.1) is 33.5 Å². The number of hydrogen-bond donors (Lipinski definition) is 1. The predicted molar refractivity (Wildman–Crippen MR) is 119 cm³/mol. The van der Waals surface area contributed by atoms with Gasteiger partial charge in [-0.1, -0.05) is 43.1 Å². The van der Waals surface area contributed by atoms with Gasteiger partial charge in [-0.3, -0.25) is 4.79 Å². The van der Waals surface area contributed by atoms with E-state index in [-0.39, 0.29) is 22.2 Å². The Morgan fingerprint density at radius 1 is 1.14 bits per heavy atom. The Morgan fingerprint density at radius 2 is 1.76 bits per heavy atom. The maximum absolute atomic E-state index is 12.8. The summed E-state index contributed by atoms with van der Waals surface area (Å²) < 4.78 is 32.1. The highest BCUT2D eigenvalue weighted by Crippen LogP contribution is 2.34. The molecular weight excluding hydrogens is 455 g/mol. The number of carbonyl (C=O) groups is 1. The maximum atomic E-state index is 12.8. The van der Waals surface area contributed by atoms with E-state index in [0.29, 0.717) is 33.8 Å². The highest BCUT2D eigenvalue weighted by atomic mass is 35.5. The minimum atomic E-state index is -3.66. The van der Waals surface area contributed by atoms with Crippen molar-refractivity contribution >= 4 is 56.6 Å². The molecule has 0 saturated carbocycles. The third kappa shape index (κ3) is 5.79. The van der Waals surface area contributed by atoms with Crippen LogP contribution >= 0.6 is 35.0 Å². The molecule has 2 aromatic carbocycles. The number of ether oxygens (including phenoxy) is 1. The Kier molecular flexibility index (Phi) is 8.66. The zero-order valence-corrected chi connectivity index (χ0v) is 19.4. The minimum Gasteiger partial charge on any atom is -0.495 e. The molecule has 0 aliphatic carbocycles. The lowest BCUT2D eigenvalue weighted by molar-refractivity contribution is -0.113. The van der Waals surface area contributed by atoms with E-state index in [1.807, 2.05) is 0 Å². The summed E-state index contributed by atoms with van der Waals surface area (Å²) in [5, 5.41) is 3.62. The van der Waals surface area contributed by atoms with Crippen LogP contribution in [0.4, 0.5) is 5.69 Å². The standard InChI is InChI=1S/C19H22Cl2N2O4S2/c1-4-23(5-2)29(25,26)13-9-10-17(27-3)16(11-13)22-18(24)12-28-19-14(20)7-6-8-15(19)21/h6-11H,4-5,12H2,1-3H3,(H,22,24). The summed E-state index contributed by atoms with van der Waals surface area (Å²) >= 11 is 13.4. The Hall–Kier alpha value is -1.45. The van der Waals surface area contributed by atoms with Crippen molar-refractivity contribution in [2.24, 2.45) is 0 Å². The fraction of sp³-hybridized carbons (Fsp3) is 0.316. The number of methoxy groups -OCH3 is 1. The highest BCUT2D eigenvalue weighted by molar-refractivity contribution is 8.00. The highest BCUT2D eigenvalue weighted by Gasteiger charge is 2.23. The van der Waals surface area contributed by atoms with Gasteiger partial charge in [-0.15, -0.1) is 11.8 Å². The first kappa shape index (κ1) is 23.8. The molecule has 0 aromatic heterocycles. The summed E-state index contributed by atoms with van der Waals surface area (Å²) in [4.78, 5) is 13.1. The third-order valence-corrected chi connectivity index (χ3v) is 8.09. The molecule has 0 bridgehead atoms. The average molecular weight is 477 g/mol. The molecule has 0 atom stereocenters. The second-order valence-electron chi connectivity index (χ2n) is 5.84. The second kappa shape index (κ2) is 10.5. The number of anilines is 1. The first-order valence-electron chi connectivity index (χ1n) is 8.79. The number of sulfonamides is 1. The number of benzene rings is 2. The van der Waals surface area contributed by atoms with Gasteiger partial charge in [0.1, 0.15) is 5.75 Å². The zero-order valence-electron chi connectivity index (χ0n) is 16.2. The van der Waals surface area contributed by atoms with Crippen molar-refractivity contribution in [3.63, 3.8) is 0 Å². The number of hydrogen-bond acceptors (Lipinski definition) is 5. The van der Waals surface area contributed by atoms with E-state index in [2.05, 4.69) is 5.32 Å². The fourth-order valence-corrected chi connectivity index (χ4v) is 5.57. The van der Waals surface area contributed by atoms with E-state index in [1.54, 1.807) is 32.0 Å². The minimum absolute atomic E-state index is 0.0413. The van der Waals surface area contributed by atoms with Crippen LogP contribution in [0.15, 0.2) is 46.2 Å². The van der Waals surface area contributed by atoms with Crippen molar-refractivity contribution in [3.05, 3.63) is 46.4 Å². The van der Waals surface area contributed by atoms with E-state index in [0.717, 1.165) is 0 Å². The van der Waals surface area contributed by atoms with Crippen LogP contribution in [0, 0.1) is 0 Å². The smallest absolute Gasteiger partial charge is 0.243 e. The molecule has 0 fully saturated rings. The van der Waals surface area contributed by atoms with Crippen molar-refractivity contribution in [1.82, 2.24) is 4.31 Å². The summed E-state index contributed by atoms with van der Waals surface area (Å²) in [5.41, 5.74) is 0.275. The lowest BCUT2D eigenvalue weighted by Crippen LogP contribution is -2.30. The number of thioether (sulfide) groups is 1.